The molecule has 1 fully saturated rings. The SMILES string of the molecule is CCCCc1ccc(-n2c(CC)nc(C(=O)NCC3CCC(S(C)(=O)=O)CC3)c2Cl)c(F)c1. The third-order valence-electron chi connectivity index (χ3n) is 6.44. The van der Waals surface area contributed by atoms with E-state index in [0.29, 0.717) is 31.6 Å². The van der Waals surface area contributed by atoms with Crippen LogP contribution < -0.4 is 5.32 Å². The molecule has 0 atom stereocenters. The van der Waals surface area contributed by atoms with Gasteiger partial charge in [0, 0.05) is 19.2 Å². The number of carbonyl (C=O) groups excluding carboxylic acids is 1. The zero-order valence-electron chi connectivity index (χ0n) is 19.5. The third-order valence-corrected chi connectivity index (χ3v) is 8.48. The molecule has 0 unspecified atom stereocenters. The lowest BCUT2D eigenvalue weighted by Crippen LogP contribution is -2.34. The summed E-state index contributed by atoms with van der Waals surface area (Å²) in [4.78, 5) is 17.2. The molecule has 0 aliphatic heterocycles. The van der Waals surface area contributed by atoms with Crippen LogP contribution in [0.25, 0.3) is 5.69 Å². The Hall–Kier alpha value is -1.93. The van der Waals surface area contributed by atoms with Crippen LogP contribution in [0.5, 0.6) is 0 Å². The Kier molecular flexibility index (Phi) is 8.56. The second-order valence-electron chi connectivity index (χ2n) is 8.93. The number of halogens is 2. The van der Waals surface area contributed by atoms with E-state index in [1.165, 1.54) is 16.9 Å². The number of benzene rings is 1. The number of imidazole rings is 1. The number of aryl methyl sites for hydroxylation is 2. The highest BCUT2D eigenvalue weighted by Crippen LogP contribution is 2.29. The molecule has 0 bridgehead atoms. The molecule has 1 aromatic heterocycles. The summed E-state index contributed by atoms with van der Waals surface area (Å²) in [6.45, 7) is 4.40. The molecule has 1 aromatic carbocycles. The van der Waals surface area contributed by atoms with Gasteiger partial charge in [-0.1, -0.05) is 37.9 Å². The zero-order chi connectivity index (χ0) is 24.2. The van der Waals surface area contributed by atoms with Crippen molar-refractivity contribution in [3.8, 4) is 5.69 Å². The van der Waals surface area contributed by atoms with Crippen molar-refractivity contribution >= 4 is 27.3 Å². The van der Waals surface area contributed by atoms with E-state index in [1.54, 1.807) is 6.07 Å². The lowest BCUT2D eigenvalue weighted by molar-refractivity contribution is 0.0939. The molecule has 1 amide bonds. The number of nitrogens with zero attached hydrogens (tertiary/aromatic N) is 2. The first kappa shape index (κ1) is 25.7. The molecular weight excluding hydrogens is 465 g/mol. The van der Waals surface area contributed by atoms with Crippen molar-refractivity contribution in [2.45, 2.75) is 70.5 Å². The Labute approximate surface area is 200 Å². The first-order valence-electron chi connectivity index (χ1n) is 11.7. The average Bonchev–Trinajstić information content (AvgIpc) is 3.12. The molecule has 1 aliphatic rings. The molecule has 9 heteroatoms. The van der Waals surface area contributed by atoms with Crippen LogP contribution >= 0.6 is 11.6 Å². The van der Waals surface area contributed by atoms with E-state index in [0.717, 1.165) is 37.7 Å². The zero-order valence-corrected chi connectivity index (χ0v) is 21.1. The summed E-state index contributed by atoms with van der Waals surface area (Å²) in [5.41, 5.74) is 1.28. The Balaban J connectivity index is 1.72. The van der Waals surface area contributed by atoms with E-state index < -0.39 is 21.6 Å². The number of hydrogen-bond acceptors (Lipinski definition) is 4. The quantitative estimate of drug-likeness (QED) is 0.534. The Morgan fingerprint density at radius 2 is 1.94 bits per heavy atom. The number of amides is 1. The molecule has 1 saturated carbocycles. The molecule has 33 heavy (non-hydrogen) atoms. The van der Waals surface area contributed by atoms with Crippen LogP contribution in [-0.2, 0) is 22.7 Å². The molecule has 2 aromatic rings. The van der Waals surface area contributed by atoms with E-state index in [-0.39, 0.29) is 27.7 Å². The molecule has 6 nitrogen and oxygen atoms in total. The maximum atomic E-state index is 14.9. The van der Waals surface area contributed by atoms with Crippen LogP contribution in [0.4, 0.5) is 4.39 Å². The molecule has 182 valence electrons. The first-order valence-corrected chi connectivity index (χ1v) is 14.0. The largest absolute Gasteiger partial charge is 0.350 e. The summed E-state index contributed by atoms with van der Waals surface area (Å²) < 4.78 is 39.9. The van der Waals surface area contributed by atoms with Crippen LogP contribution in [0.3, 0.4) is 0 Å². The fraction of sp³-hybridized carbons (Fsp3) is 0.583. The minimum absolute atomic E-state index is 0.0767. The van der Waals surface area contributed by atoms with Gasteiger partial charge in [-0.25, -0.2) is 17.8 Å². The summed E-state index contributed by atoms with van der Waals surface area (Å²) in [7, 11) is -3.02. The van der Waals surface area contributed by atoms with Gasteiger partial charge in [-0.2, -0.15) is 0 Å². The smallest absolute Gasteiger partial charge is 0.273 e. The van der Waals surface area contributed by atoms with Gasteiger partial charge in [0.1, 0.15) is 26.6 Å². The van der Waals surface area contributed by atoms with Crippen LogP contribution in [0.15, 0.2) is 18.2 Å². The molecule has 3 rings (SSSR count). The van der Waals surface area contributed by atoms with Gasteiger partial charge in [-0.05, 0) is 62.1 Å². The van der Waals surface area contributed by atoms with Crippen molar-refractivity contribution in [2.24, 2.45) is 5.92 Å². The van der Waals surface area contributed by atoms with Gasteiger partial charge >= 0.3 is 0 Å². The van der Waals surface area contributed by atoms with Crippen LogP contribution in [0.2, 0.25) is 5.15 Å². The Morgan fingerprint density at radius 1 is 1.24 bits per heavy atom. The van der Waals surface area contributed by atoms with Gasteiger partial charge in [0.15, 0.2) is 5.69 Å². The Morgan fingerprint density at radius 3 is 2.52 bits per heavy atom. The van der Waals surface area contributed by atoms with E-state index in [1.807, 2.05) is 13.0 Å². The van der Waals surface area contributed by atoms with Crippen LogP contribution in [0, 0.1) is 11.7 Å². The molecular formula is C24H33ClFN3O3S. The van der Waals surface area contributed by atoms with E-state index in [9.17, 15) is 17.6 Å². The normalized spacial score (nSPS) is 18.9. The number of hydrogen-bond donors (Lipinski definition) is 1. The lowest BCUT2D eigenvalue weighted by atomic mass is 9.89. The highest BCUT2D eigenvalue weighted by atomic mass is 35.5. The van der Waals surface area contributed by atoms with Crippen LogP contribution in [-0.4, -0.2) is 41.9 Å². The van der Waals surface area contributed by atoms with Gasteiger partial charge in [0.25, 0.3) is 5.91 Å². The Bertz CT molecular complexity index is 1090. The average molecular weight is 498 g/mol. The van der Waals surface area contributed by atoms with Gasteiger partial charge < -0.3 is 5.32 Å². The highest BCUT2D eigenvalue weighted by Gasteiger charge is 2.29. The molecule has 0 radical (unpaired) electrons. The van der Waals surface area contributed by atoms with Crippen molar-refractivity contribution in [3.05, 3.63) is 46.3 Å². The molecule has 0 spiro atoms. The second kappa shape index (κ2) is 11.0. The van der Waals surface area contributed by atoms with E-state index >= 15 is 0 Å². The second-order valence-corrected chi connectivity index (χ2v) is 11.6. The molecule has 1 N–H and O–H groups in total. The predicted octanol–water partition coefficient (Wildman–Crippen LogP) is 4.90. The first-order chi connectivity index (χ1) is 15.7. The maximum absolute atomic E-state index is 14.9. The fourth-order valence-electron chi connectivity index (χ4n) is 4.42. The van der Waals surface area contributed by atoms with Gasteiger partial charge in [0.2, 0.25) is 0 Å². The number of rotatable bonds is 9. The minimum atomic E-state index is -3.02. The van der Waals surface area contributed by atoms with Crippen molar-refractivity contribution < 1.29 is 17.6 Å². The molecule has 1 aliphatic carbocycles. The fourth-order valence-corrected chi connectivity index (χ4v) is 5.87. The van der Waals surface area contributed by atoms with Gasteiger partial charge in [-0.3, -0.25) is 9.36 Å². The van der Waals surface area contributed by atoms with Crippen molar-refractivity contribution in [1.29, 1.82) is 0 Å². The number of carbonyl (C=O) groups is 1. The summed E-state index contributed by atoms with van der Waals surface area (Å²) in [5.74, 6) is -0.0727. The van der Waals surface area contributed by atoms with E-state index in [2.05, 4.69) is 17.2 Å². The van der Waals surface area contributed by atoms with Crippen molar-refractivity contribution in [2.75, 3.05) is 12.8 Å². The predicted molar refractivity (Wildman–Crippen MR) is 129 cm³/mol. The highest BCUT2D eigenvalue weighted by molar-refractivity contribution is 7.91. The number of sulfone groups is 1. The molecule has 0 saturated heterocycles. The minimum Gasteiger partial charge on any atom is -0.350 e. The van der Waals surface area contributed by atoms with Gasteiger partial charge in [-0.15, -0.1) is 0 Å². The number of unbranched alkanes of at least 4 members (excludes halogenated alkanes) is 1. The number of aromatic nitrogens is 2. The lowest BCUT2D eigenvalue weighted by Gasteiger charge is -2.27. The molecule has 1 heterocycles. The number of nitrogens with one attached hydrogen (secondary N) is 1. The monoisotopic (exact) mass is 497 g/mol. The van der Waals surface area contributed by atoms with Gasteiger partial charge in [0.05, 0.1) is 10.9 Å². The summed E-state index contributed by atoms with van der Waals surface area (Å²) in [5, 5.41) is 2.68. The van der Waals surface area contributed by atoms with E-state index in [4.69, 9.17) is 11.6 Å². The maximum Gasteiger partial charge on any atom is 0.273 e. The summed E-state index contributed by atoms with van der Waals surface area (Å²) >= 11 is 6.53. The van der Waals surface area contributed by atoms with Crippen LogP contribution in [0.1, 0.15) is 74.2 Å². The summed E-state index contributed by atoms with van der Waals surface area (Å²) in [6, 6.07) is 5.10. The van der Waals surface area contributed by atoms with Crippen molar-refractivity contribution in [3.63, 3.8) is 0 Å². The standard InChI is InChI=1S/C24H33ClFN3O3S/c1-4-6-7-16-10-13-20(19(26)14-16)29-21(5-2)28-22(23(29)25)24(30)27-15-17-8-11-18(12-9-17)33(3,31)32/h10,13-14,17-18H,4-9,11-12,15H2,1-3H3,(H,27,30). The van der Waals surface area contributed by atoms with Crippen molar-refractivity contribution in [1.82, 2.24) is 14.9 Å². The topological polar surface area (TPSA) is 81.1 Å². The third kappa shape index (κ3) is 6.15. The summed E-state index contributed by atoms with van der Waals surface area (Å²) in [6.07, 6.45) is 7.33.